The van der Waals surface area contributed by atoms with Crippen LogP contribution >= 0.6 is 11.3 Å². The Kier molecular flexibility index (Phi) is 6.98. The van der Waals surface area contributed by atoms with Gasteiger partial charge < -0.3 is 20.3 Å². The van der Waals surface area contributed by atoms with Crippen LogP contribution in [0.25, 0.3) is 10.3 Å². The van der Waals surface area contributed by atoms with E-state index < -0.39 is 0 Å². The van der Waals surface area contributed by atoms with E-state index in [9.17, 15) is 4.79 Å². The standard InChI is InChI=1S/C24H29N7O2S/c1-2-22(32)31-8-5-18(6-9-31)26-20-14-17(16-30-10-12-33-13-11-30)15-21(28-20)29-24-27-19-4-3-7-25-23(19)34-24/h2-4,7,14-15,18H,1,5-6,8-13,16H2,(H2,26,27,28,29). The van der Waals surface area contributed by atoms with E-state index in [1.54, 1.807) is 6.20 Å². The fourth-order valence-corrected chi connectivity index (χ4v) is 5.16. The molecule has 2 N–H and O–H groups in total. The summed E-state index contributed by atoms with van der Waals surface area (Å²) in [7, 11) is 0. The zero-order valence-corrected chi connectivity index (χ0v) is 19.9. The molecule has 0 atom stereocenters. The van der Waals surface area contributed by atoms with Crippen LogP contribution < -0.4 is 10.6 Å². The average Bonchev–Trinajstić information content (AvgIpc) is 3.27. The van der Waals surface area contributed by atoms with Gasteiger partial charge >= 0.3 is 0 Å². The molecule has 0 radical (unpaired) electrons. The number of nitrogens with zero attached hydrogens (tertiary/aromatic N) is 5. The normalized spacial score (nSPS) is 17.6. The summed E-state index contributed by atoms with van der Waals surface area (Å²) in [5.74, 6) is 1.59. The molecule has 2 saturated heterocycles. The molecule has 0 aromatic carbocycles. The van der Waals surface area contributed by atoms with E-state index in [0.29, 0.717) is 0 Å². The molecule has 3 aromatic heterocycles. The second-order valence-electron chi connectivity index (χ2n) is 8.55. The van der Waals surface area contributed by atoms with E-state index in [2.05, 4.69) is 44.2 Å². The van der Waals surface area contributed by atoms with E-state index >= 15 is 0 Å². The molecule has 3 aromatic rings. The highest BCUT2D eigenvalue weighted by Gasteiger charge is 2.22. The SMILES string of the molecule is C=CC(=O)N1CCC(Nc2cc(CN3CCOCC3)cc(Nc3nc4cccnc4s3)n2)CC1. The molecule has 2 aliphatic rings. The van der Waals surface area contributed by atoms with Crippen molar-refractivity contribution < 1.29 is 9.53 Å². The van der Waals surface area contributed by atoms with Crippen molar-refractivity contribution in [2.45, 2.75) is 25.4 Å². The van der Waals surface area contributed by atoms with E-state index in [1.807, 2.05) is 17.0 Å². The summed E-state index contributed by atoms with van der Waals surface area (Å²) in [6.07, 6.45) is 4.92. The van der Waals surface area contributed by atoms with E-state index in [0.717, 1.165) is 85.9 Å². The van der Waals surface area contributed by atoms with Crippen molar-refractivity contribution in [1.29, 1.82) is 0 Å². The Bertz CT molecular complexity index is 1120. The third kappa shape index (κ3) is 5.52. The highest BCUT2D eigenvalue weighted by Crippen LogP contribution is 2.28. The molecule has 2 aliphatic heterocycles. The van der Waals surface area contributed by atoms with Crippen LogP contribution in [0.3, 0.4) is 0 Å². The van der Waals surface area contributed by atoms with Crippen LogP contribution in [-0.4, -0.2) is 76.1 Å². The number of aromatic nitrogens is 3. The number of pyridine rings is 2. The fraction of sp³-hybridized carbons (Fsp3) is 0.417. The number of morpholine rings is 1. The number of carbonyl (C=O) groups is 1. The van der Waals surface area contributed by atoms with Gasteiger partial charge in [-0.15, -0.1) is 0 Å². The Morgan fingerprint density at radius 2 is 1.97 bits per heavy atom. The maximum absolute atomic E-state index is 11.9. The molecule has 0 unspecified atom stereocenters. The number of thiazole rings is 1. The van der Waals surface area contributed by atoms with Gasteiger partial charge in [0.25, 0.3) is 0 Å². The molecule has 34 heavy (non-hydrogen) atoms. The number of carbonyl (C=O) groups excluding carboxylic acids is 1. The van der Waals surface area contributed by atoms with Crippen LogP contribution in [0.5, 0.6) is 0 Å². The molecule has 0 bridgehead atoms. The van der Waals surface area contributed by atoms with Crippen molar-refractivity contribution in [3.8, 4) is 0 Å². The van der Waals surface area contributed by atoms with Crippen LogP contribution in [-0.2, 0) is 16.1 Å². The topological polar surface area (TPSA) is 95.5 Å². The molecule has 1 amide bonds. The van der Waals surface area contributed by atoms with Gasteiger partial charge in [0, 0.05) is 45.0 Å². The molecular weight excluding hydrogens is 450 g/mol. The number of rotatable bonds is 7. The molecule has 0 saturated carbocycles. The average molecular weight is 480 g/mol. The number of anilines is 3. The Morgan fingerprint density at radius 3 is 2.74 bits per heavy atom. The first kappa shape index (κ1) is 22.7. The lowest BCUT2D eigenvalue weighted by Crippen LogP contribution is -2.41. The third-order valence-electron chi connectivity index (χ3n) is 6.13. The molecule has 9 nitrogen and oxygen atoms in total. The molecule has 5 heterocycles. The van der Waals surface area contributed by atoms with Gasteiger partial charge in [-0.25, -0.2) is 15.0 Å². The first-order valence-electron chi connectivity index (χ1n) is 11.6. The highest BCUT2D eigenvalue weighted by atomic mass is 32.1. The maximum Gasteiger partial charge on any atom is 0.245 e. The van der Waals surface area contributed by atoms with Crippen molar-refractivity contribution in [2.24, 2.45) is 0 Å². The lowest BCUT2D eigenvalue weighted by atomic mass is 10.0. The fourth-order valence-electron chi connectivity index (χ4n) is 4.35. The minimum Gasteiger partial charge on any atom is -0.379 e. The van der Waals surface area contributed by atoms with Crippen molar-refractivity contribution in [1.82, 2.24) is 24.8 Å². The van der Waals surface area contributed by atoms with Gasteiger partial charge in [0.1, 0.15) is 22.0 Å². The van der Waals surface area contributed by atoms with Crippen molar-refractivity contribution in [2.75, 3.05) is 50.0 Å². The molecule has 0 spiro atoms. The lowest BCUT2D eigenvalue weighted by Gasteiger charge is -2.32. The van der Waals surface area contributed by atoms with Crippen LogP contribution in [0.1, 0.15) is 18.4 Å². The first-order valence-corrected chi connectivity index (χ1v) is 12.5. The number of piperidine rings is 1. The maximum atomic E-state index is 11.9. The van der Waals surface area contributed by atoms with Gasteiger partial charge in [-0.3, -0.25) is 9.69 Å². The van der Waals surface area contributed by atoms with Crippen molar-refractivity contribution in [3.63, 3.8) is 0 Å². The monoisotopic (exact) mass is 479 g/mol. The lowest BCUT2D eigenvalue weighted by molar-refractivity contribution is -0.126. The van der Waals surface area contributed by atoms with Gasteiger partial charge in [-0.1, -0.05) is 17.9 Å². The quantitative estimate of drug-likeness (QED) is 0.499. The Morgan fingerprint density at radius 1 is 1.18 bits per heavy atom. The molecule has 10 heteroatoms. The first-order chi connectivity index (χ1) is 16.7. The Labute approximate surface area is 202 Å². The number of ether oxygens (including phenoxy) is 1. The molecule has 5 rings (SSSR count). The summed E-state index contributed by atoms with van der Waals surface area (Å²) >= 11 is 1.51. The van der Waals surface area contributed by atoms with Crippen LogP contribution in [0.4, 0.5) is 16.8 Å². The largest absolute Gasteiger partial charge is 0.379 e. The number of hydrogen-bond donors (Lipinski definition) is 2. The second-order valence-corrected chi connectivity index (χ2v) is 9.53. The van der Waals surface area contributed by atoms with Gasteiger partial charge in [-0.2, -0.15) is 0 Å². The summed E-state index contributed by atoms with van der Waals surface area (Å²) in [5.41, 5.74) is 2.05. The van der Waals surface area contributed by atoms with Crippen molar-refractivity contribution in [3.05, 3.63) is 48.7 Å². The van der Waals surface area contributed by atoms with E-state index in [4.69, 9.17) is 9.72 Å². The molecule has 0 aliphatic carbocycles. The molecule has 178 valence electrons. The summed E-state index contributed by atoms with van der Waals surface area (Å²) < 4.78 is 5.50. The second kappa shape index (κ2) is 10.5. The van der Waals surface area contributed by atoms with Gasteiger partial charge in [0.2, 0.25) is 5.91 Å². The number of amides is 1. The van der Waals surface area contributed by atoms with E-state index in [1.165, 1.54) is 23.0 Å². The predicted molar refractivity (Wildman–Crippen MR) is 134 cm³/mol. The minimum absolute atomic E-state index is 0.000828. The molecule has 2 fully saturated rings. The van der Waals surface area contributed by atoms with Gasteiger partial charge in [0.05, 0.1) is 13.2 Å². The summed E-state index contributed by atoms with van der Waals surface area (Å²) in [6, 6.07) is 8.33. The minimum atomic E-state index is 0.000828. The van der Waals surface area contributed by atoms with Crippen molar-refractivity contribution >= 4 is 44.4 Å². The zero-order valence-electron chi connectivity index (χ0n) is 19.1. The zero-order chi connectivity index (χ0) is 23.3. The molecular formula is C24H29N7O2S. The van der Waals surface area contributed by atoms with Gasteiger partial charge in [0.15, 0.2) is 5.13 Å². The van der Waals surface area contributed by atoms with Gasteiger partial charge in [-0.05, 0) is 48.7 Å². The highest BCUT2D eigenvalue weighted by molar-refractivity contribution is 7.21. The van der Waals surface area contributed by atoms with E-state index in [-0.39, 0.29) is 11.9 Å². The van der Waals surface area contributed by atoms with Crippen LogP contribution in [0, 0.1) is 0 Å². The van der Waals surface area contributed by atoms with Crippen LogP contribution in [0.15, 0.2) is 43.1 Å². The van der Waals surface area contributed by atoms with Crippen LogP contribution in [0.2, 0.25) is 0 Å². The number of likely N-dealkylation sites (tertiary alicyclic amines) is 1. The summed E-state index contributed by atoms with van der Waals surface area (Å²) in [6.45, 7) is 9.25. The summed E-state index contributed by atoms with van der Waals surface area (Å²) in [5, 5.41) is 7.76. The number of hydrogen-bond acceptors (Lipinski definition) is 9. The third-order valence-corrected chi connectivity index (χ3v) is 7.02. The predicted octanol–water partition coefficient (Wildman–Crippen LogP) is 3.25. The summed E-state index contributed by atoms with van der Waals surface area (Å²) in [4.78, 5) is 30.9. The Balaban J connectivity index is 1.33. The Hall–Kier alpha value is -3.08. The number of fused-ring (bicyclic) bond motifs is 1. The smallest absolute Gasteiger partial charge is 0.245 e. The number of nitrogens with one attached hydrogen (secondary N) is 2.